The Hall–Kier alpha value is -0.520. The molecule has 0 saturated heterocycles. The van der Waals surface area contributed by atoms with Crippen LogP contribution >= 0.6 is 0 Å². The van der Waals surface area contributed by atoms with Gasteiger partial charge in [-0.05, 0) is 6.54 Å². The minimum absolute atomic E-state index is 0.108. The first-order valence-corrected chi connectivity index (χ1v) is 2.57. The van der Waals surface area contributed by atoms with Gasteiger partial charge in [-0.2, -0.15) is 0 Å². The van der Waals surface area contributed by atoms with E-state index in [1.807, 2.05) is 6.92 Å². The molecular formula is C6H13NO. The minimum atomic E-state index is 0.108. The molecule has 0 aliphatic heterocycles. The van der Waals surface area contributed by atoms with Gasteiger partial charge in [0, 0.05) is 6.42 Å². The van der Waals surface area contributed by atoms with E-state index >= 15 is 0 Å². The third kappa shape index (κ3) is 50.2. The number of rotatable bonds is 1. The van der Waals surface area contributed by atoms with Crippen LogP contribution in [0.4, 0.5) is 0 Å². The summed E-state index contributed by atoms with van der Waals surface area (Å²) in [6, 6.07) is 0. The first-order valence-electron chi connectivity index (χ1n) is 2.57. The van der Waals surface area contributed by atoms with Crippen molar-refractivity contribution in [2.75, 3.05) is 13.2 Å². The third-order valence-electron chi connectivity index (χ3n) is 0.256. The molecule has 0 aliphatic carbocycles. The quantitative estimate of drug-likeness (QED) is 0.471. The van der Waals surface area contributed by atoms with Crippen LogP contribution in [-0.4, -0.2) is 18.3 Å². The van der Waals surface area contributed by atoms with E-state index in [1.54, 1.807) is 0 Å². The molecular weight excluding hydrogens is 102 g/mol. The summed E-state index contributed by atoms with van der Waals surface area (Å²) in [5.41, 5.74) is 4.85. The summed E-state index contributed by atoms with van der Waals surface area (Å²) in [4.78, 5) is 0. The maximum Gasteiger partial charge on any atom is 0.0540 e. The highest BCUT2D eigenvalue weighted by molar-refractivity contribution is 4.82. The van der Waals surface area contributed by atoms with Crippen LogP contribution in [-0.2, 0) is 0 Å². The molecule has 48 valence electrons. The molecule has 0 aromatic carbocycles. The van der Waals surface area contributed by atoms with E-state index in [-0.39, 0.29) is 6.61 Å². The van der Waals surface area contributed by atoms with E-state index in [2.05, 4.69) is 5.92 Å². The Kier molecular flexibility index (Phi) is 21.0. The maximum absolute atomic E-state index is 7.92. The van der Waals surface area contributed by atoms with Gasteiger partial charge in [0.2, 0.25) is 0 Å². The Morgan fingerprint density at radius 1 is 1.75 bits per heavy atom. The second kappa shape index (κ2) is 16.1. The minimum Gasteiger partial charge on any atom is -0.395 e. The Morgan fingerprint density at radius 2 is 2.12 bits per heavy atom. The molecule has 0 radical (unpaired) electrons. The van der Waals surface area contributed by atoms with E-state index in [0.29, 0.717) is 6.42 Å². The topological polar surface area (TPSA) is 46.2 Å². The zero-order valence-electron chi connectivity index (χ0n) is 5.22. The summed E-state index contributed by atoms with van der Waals surface area (Å²) in [6.45, 7) is 2.76. The largest absolute Gasteiger partial charge is 0.395 e. The highest BCUT2D eigenvalue weighted by Gasteiger charge is 1.62. The second-order valence-electron chi connectivity index (χ2n) is 1.09. The van der Waals surface area contributed by atoms with E-state index in [1.165, 1.54) is 0 Å². The molecule has 0 aromatic heterocycles. The van der Waals surface area contributed by atoms with E-state index in [9.17, 15) is 0 Å². The molecule has 3 N–H and O–H groups in total. The average Bonchev–Trinajstić information content (AvgIpc) is 1.71. The first kappa shape index (κ1) is 10.5. The lowest BCUT2D eigenvalue weighted by Gasteiger charge is -1.70. The van der Waals surface area contributed by atoms with Gasteiger partial charge in [0.05, 0.1) is 6.61 Å². The molecule has 8 heavy (non-hydrogen) atoms. The number of hydrogen-bond donors (Lipinski definition) is 2. The van der Waals surface area contributed by atoms with Crippen LogP contribution in [0.25, 0.3) is 0 Å². The first-order chi connectivity index (χ1) is 3.83. The summed E-state index contributed by atoms with van der Waals surface area (Å²) in [5, 5.41) is 7.92. The Bertz CT molecular complexity index is 56.0. The van der Waals surface area contributed by atoms with E-state index < -0.39 is 0 Å². The van der Waals surface area contributed by atoms with Crippen molar-refractivity contribution in [2.24, 2.45) is 5.73 Å². The van der Waals surface area contributed by atoms with Gasteiger partial charge < -0.3 is 10.8 Å². The highest BCUT2D eigenvalue weighted by atomic mass is 16.2. The van der Waals surface area contributed by atoms with Gasteiger partial charge in [-0.15, -0.1) is 12.3 Å². The van der Waals surface area contributed by atoms with Crippen LogP contribution < -0.4 is 5.73 Å². The van der Waals surface area contributed by atoms with Gasteiger partial charge in [-0.1, -0.05) is 6.92 Å². The predicted molar refractivity (Wildman–Crippen MR) is 35.3 cm³/mol. The van der Waals surface area contributed by atoms with Gasteiger partial charge in [0.1, 0.15) is 0 Å². The molecule has 0 aromatic rings. The molecule has 2 heteroatoms. The summed E-state index contributed by atoms with van der Waals surface area (Å²) >= 11 is 0. The predicted octanol–water partition coefficient (Wildman–Crippen LogP) is -0.0330. The van der Waals surface area contributed by atoms with Crippen molar-refractivity contribution in [1.29, 1.82) is 0 Å². The molecule has 0 spiro atoms. The normalized spacial score (nSPS) is 6.25. The van der Waals surface area contributed by atoms with Crippen LogP contribution in [0.15, 0.2) is 0 Å². The van der Waals surface area contributed by atoms with Crippen molar-refractivity contribution in [3.05, 3.63) is 0 Å². The number of aliphatic hydroxyl groups excluding tert-OH is 1. The van der Waals surface area contributed by atoms with Crippen LogP contribution in [0.3, 0.4) is 0 Å². The summed E-state index contributed by atoms with van der Waals surface area (Å²) in [7, 11) is 0. The average molecular weight is 115 g/mol. The fraction of sp³-hybridized carbons (Fsp3) is 0.667. The summed E-state index contributed by atoms with van der Waals surface area (Å²) < 4.78 is 0. The van der Waals surface area contributed by atoms with Crippen molar-refractivity contribution in [1.82, 2.24) is 0 Å². The maximum atomic E-state index is 7.92. The van der Waals surface area contributed by atoms with Crippen molar-refractivity contribution >= 4 is 0 Å². The lowest BCUT2D eigenvalue weighted by Crippen LogP contribution is -1.87. The van der Waals surface area contributed by atoms with Gasteiger partial charge in [0.15, 0.2) is 0 Å². The molecule has 0 bridgehead atoms. The molecule has 0 rings (SSSR count). The molecule has 0 atom stereocenters. The van der Waals surface area contributed by atoms with E-state index in [4.69, 9.17) is 17.3 Å². The number of aliphatic hydroxyl groups is 1. The fourth-order valence-electron chi connectivity index (χ4n) is 0.0645. The van der Waals surface area contributed by atoms with Gasteiger partial charge in [-0.3, -0.25) is 0 Å². The number of hydrogen-bond acceptors (Lipinski definition) is 2. The fourth-order valence-corrected chi connectivity index (χ4v) is 0.0645. The molecule has 0 aliphatic rings. The van der Waals surface area contributed by atoms with E-state index in [0.717, 1.165) is 6.54 Å². The Morgan fingerprint density at radius 3 is 2.12 bits per heavy atom. The monoisotopic (exact) mass is 115 g/mol. The molecule has 0 fully saturated rings. The van der Waals surface area contributed by atoms with Crippen LogP contribution in [0, 0.1) is 12.3 Å². The Labute approximate surface area is 50.7 Å². The molecule has 0 unspecified atom stereocenters. The third-order valence-corrected chi connectivity index (χ3v) is 0.256. The molecule has 0 amide bonds. The number of nitrogens with two attached hydrogens (primary N) is 1. The summed E-state index contributed by atoms with van der Waals surface area (Å²) in [6.07, 6.45) is 5.20. The second-order valence-corrected chi connectivity index (χ2v) is 1.09. The Balaban J connectivity index is 0. The molecule has 0 heterocycles. The molecule has 0 saturated carbocycles. The van der Waals surface area contributed by atoms with Crippen molar-refractivity contribution < 1.29 is 5.11 Å². The number of terminal acetylenes is 1. The SMILES string of the molecule is C#CCCO.CCN. The highest BCUT2D eigenvalue weighted by Crippen LogP contribution is 1.62. The lowest BCUT2D eigenvalue weighted by atomic mass is 10.5. The van der Waals surface area contributed by atoms with Crippen LogP contribution in [0.5, 0.6) is 0 Å². The van der Waals surface area contributed by atoms with Crippen molar-refractivity contribution in [2.45, 2.75) is 13.3 Å². The summed E-state index contributed by atoms with van der Waals surface area (Å²) in [5.74, 6) is 2.27. The van der Waals surface area contributed by atoms with Crippen LogP contribution in [0.1, 0.15) is 13.3 Å². The van der Waals surface area contributed by atoms with Crippen molar-refractivity contribution in [3.8, 4) is 12.3 Å². The zero-order chi connectivity index (χ0) is 6.83. The molecule has 2 nitrogen and oxygen atoms in total. The standard InChI is InChI=1S/C4H6O.C2H7N/c1-2-3-4-5;1-2-3/h1,5H,3-4H2;2-3H2,1H3. The van der Waals surface area contributed by atoms with Crippen LogP contribution in [0.2, 0.25) is 0 Å². The van der Waals surface area contributed by atoms with Crippen molar-refractivity contribution in [3.63, 3.8) is 0 Å². The zero-order valence-corrected chi connectivity index (χ0v) is 5.22. The van der Waals surface area contributed by atoms with Gasteiger partial charge in [-0.25, -0.2) is 0 Å². The van der Waals surface area contributed by atoms with Gasteiger partial charge in [0.25, 0.3) is 0 Å². The lowest BCUT2D eigenvalue weighted by molar-refractivity contribution is 0.305. The smallest absolute Gasteiger partial charge is 0.0540 e. The van der Waals surface area contributed by atoms with Gasteiger partial charge >= 0.3 is 0 Å².